The van der Waals surface area contributed by atoms with E-state index in [0.29, 0.717) is 31.4 Å². The summed E-state index contributed by atoms with van der Waals surface area (Å²) < 4.78 is 4.95. The van der Waals surface area contributed by atoms with Gasteiger partial charge >= 0.3 is 5.97 Å². The van der Waals surface area contributed by atoms with Crippen LogP contribution in [0, 0.1) is 11.8 Å². The Morgan fingerprint density at radius 2 is 1.95 bits per heavy atom. The first-order valence-electron chi connectivity index (χ1n) is 7.67. The number of carbonyl (C=O) groups excluding carboxylic acids is 2. The standard InChI is InChI=1S/C15H28N2O3/c1-4-20-15(19)11-17(10-12(2)3)14(18)9-13-5-7-16-8-6-13/h12-13,16H,4-11H2,1-3H3. The summed E-state index contributed by atoms with van der Waals surface area (Å²) >= 11 is 0. The van der Waals surface area contributed by atoms with E-state index in [4.69, 9.17) is 4.74 Å². The van der Waals surface area contributed by atoms with Crippen LogP contribution in [-0.2, 0) is 14.3 Å². The van der Waals surface area contributed by atoms with E-state index in [-0.39, 0.29) is 18.4 Å². The third-order valence-corrected chi connectivity index (χ3v) is 3.49. The second-order valence-corrected chi connectivity index (χ2v) is 5.87. The van der Waals surface area contributed by atoms with E-state index >= 15 is 0 Å². The number of esters is 1. The summed E-state index contributed by atoms with van der Waals surface area (Å²) in [4.78, 5) is 25.6. The number of hydrogen-bond donors (Lipinski definition) is 1. The van der Waals surface area contributed by atoms with Crippen LogP contribution in [0.2, 0.25) is 0 Å². The Labute approximate surface area is 122 Å². The van der Waals surface area contributed by atoms with Crippen LogP contribution in [0.25, 0.3) is 0 Å². The molecule has 1 rings (SSSR count). The van der Waals surface area contributed by atoms with E-state index in [0.717, 1.165) is 25.9 Å². The van der Waals surface area contributed by atoms with Crippen molar-refractivity contribution in [2.24, 2.45) is 11.8 Å². The SMILES string of the molecule is CCOC(=O)CN(CC(C)C)C(=O)CC1CCNCC1. The Hall–Kier alpha value is -1.10. The van der Waals surface area contributed by atoms with Crippen molar-refractivity contribution in [3.8, 4) is 0 Å². The molecule has 1 saturated heterocycles. The Morgan fingerprint density at radius 1 is 1.30 bits per heavy atom. The summed E-state index contributed by atoms with van der Waals surface area (Å²) in [7, 11) is 0. The van der Waals surface area contributed by atoms with E-state index in [9.17, 15) is 9.59 Å². The summed E-state index contributed by atoms with van der Waals surface area (Å²) in [5, 5.41) is 3.30. The van der Waals surface area contributed by atoms with Crippen LogP contribution in [0.1, 0.15) is 40.0 Å². The van der Waals surface area contributed by atoms with Crippen molar-refractivity contribution in [2.75, 3.05) is 32.8 Å². The number of amides is 1. The molecule has 0 unspecified atom stereocenters. The molecule has 0 aromatic carbocycles. The molecule has 0 atom stereocenters. The highest BCUT2D eigenvalue weighted by Gasteiger charge is 2.23. The fourth-order valence-corrected chi connectivity index (χ4v) is 2.52. The molecule has 116 valence electrons. The maximum Gasteiger partial charge on any atom is 0.325 e. The molecule has 0 radical (unpaired) electrons. The summed E-state index contributed by atoms with van der Waals surface area (Å²) in [6.07, 6.45) is 2.63. The van der Waals surface area contributed by atoms with Crippen molar-refractivity contribution in [1.29, 1.82) is 0 Å². The van der Waals surface area contributed by atoms with E-state index in [1.807, 2.05) is 0 Å². The van der Waals surface area contributed by atoms with Crippen LogP contribution >= 0.6 is 0 Å². The summed E-state index contributed by atoms with van der Waals surface area (Å²) in [5.41, 5.74) is 0. The zero-order chi connectivity index (χ0) is 15.0. The first-order valence-corrected chi connectivity index (χ1v) is 7.67. The van der Waals surface area contributed by atoms with Crippen molar-refractivity contribution < 1.29 is 14.3 Å². The molecule has 5 nitrogen and oxygen atoms in total. The molecule has 0 spiro atoms. The van der Waals surface area contributed by atoms with Gasteiger partial charge in [-0.05, 0) is 44.7 Å². The molecule has 5 heteroatoms. The van der Waals surface area contributed by atoms with Gasteiger partial charge in [0.1, 0.15) is 6.54 Å². The van der Waals surface area contributed by atoms with Crippen molar-refractivity contribution in [3.05, 3.63) is 0 Å². The fraction of sp³-hybridized carbons (Fsp3) is 0.867. The van der Waals surface area contributed by atoms with Crippen molar-refractivity contribution in [1.82, 2.24) is 10.2 Å². The van der Waals surface area contributed by atoms with Gasteiger partial charge in [0.05, 0.1) is 6.61 Å². The molecule has 1 aliphatic heterocycles. The van der Waals surface area contributed by atoms with Crippen molar-refractivity contribution >= 4 is 11.9 Å². The average molecular weight is 284 g/mol. The molecule has 0 saturated carbocycles. The fourth-order valence-electron chi connectivity index (χ4n) is 2.52. The van der Waals surface area contributed by atoms with Gasteiger partial charge in [0, 0.05) is 13.0 Å². The molecule has 0 aromatic heterocycles. The van der Waals surface area contributed by atoms with E-state index in [1.54, 1.807) is 11.8 Å². The van der Waals surface area contributed by atoms with Crippen LogP contribution in [-0.4, -0.2) is 49.6 Å². The minimum absolute atomic E-state index is 0.0792. The minimum atomic E-state index is -0.313. The molecular formula is C15H28N2O3. The molecular weight excluding hydrogens is 256 g/mol. The summed E-state index contributed by atoms with van der Waals surface area (Å²) in [6, 6.07) is 0. The molecule has 1 N–H and O–H groups in total. The Bertz CT molecular complexity index is 312. The molecule has 1 aliphatic rings. The summed E-state index contributed by atoms with van der Waals surface area (Å²) in [6.45, 7) is 8.91. The van der Waals surface area contributed by atoms with Gasteiger partial charge in [0.2, 0.25) is 5.91 Å². The maximum atomic E-state index is 12.4. The van der Waals surface area contributed by atoms with Gasteiger partial charge in [0.15, 0.2) is 0 Å². The Kier molecular flexibility index (Phi) is 7.59. The van der Waals surface area contributed by atoms with Crippen LogP contribution in [0.5, 0.6) is 0 Å². The molecule has 0 aromatic rings. The van der Waals surface area contributed by atoms with E-state index in [1.165, 1.54) is 0 Å². The normalized spacial score (nSPS) is 16.2. The van der Waals surface area contributed by atoms with Crippen LogP contribution in [0.4, 0.5) is 0 Å². The average Bonchev–Trinajstić information content (AvgIpc) is 2.39. The monoisotopic (exact) mass is 284 g/mol. The number of hydrogen-bond acceptors (Lipinski definition) is 4. The highest BCUT2D eigenvalue weighted by Crippen LogP contribution is 2.17. The van der Waals surface area contributed by atoms with Crippen LogP contribution in [0.3, 0.4) is 0 Å². The molecule has 1 fully saturated rings. The highest BCUT2D eigenvalue weighted by atomic mass is 16.5. The van der Waals surface area contributed by atoms with Crippen LogP contribution < -0.4 is 5.32 Å². The van der Waals surface area contributed by atoms with Gasteiger partial charge < -0.3 is 15.0 Å². The maximum absolute atomic E-state index is 12.4. The zero-order valence-electron chi connectivity index (χ0n) is 13.0. The van der Waals surface area contributed by atoms with Crippen LogP contribution in [0.15, 0.2) is 0 Å². The lowest BCUT2D eigenvalue weighted by molar-refractivity contribution is -0.149. The largest absolute Gasteiger partial charge is 0.465 e. The van der Waals surface area contributed by atoms with Crippen molar-refractivity contribution in [3.63, 3.8) is 0 Å². The quantitative estimate of drug-likeness (QED) is 0.718. The Balaban J connectivity index is 2.51. The lowest BCUT2D eigenvalue weighted by atomic mass is 9.94. The number of ether oxygens (including phenoxy) is 1. The molecule has 1 heterocycles. The summed E-state index contributed by atoms with van der Waals surface area (Å²) in [5.74, 6) is 0.562. The third-order valence-electron chi connectivity index (χ3n) is 3.49. The number of piperidine rings is 1. The number of nitrogens with one attached hydrogen (secondary N) is 1. The van der Waals surface area contributed by atoms with Gasteiger partial charge in [-0.3, -0.25) is 9.59 Å². The smallest absolute Gasteiger partial charge is 0.325 e. The first kappa shape index (κ1) is 17.0. The van der Waals surface area contributed by atoms with Gasteiger partial charge in [-0.2, -0.15) is 0 Å². The topological polar surface area (TPSA) is 58.6 Å². The van der Waals surface area contributed by atoms with Gasteiger partial charge in [0.25, 0.3) is 0 Å². The zero-order valence-corrected chi connectivity index (χ0v) is 13.0. The molecule has 0 bridgehead atoms. The van der Waals surface area contributed by atoms with Crippen molar-refractivity contribution in [2.45, 2.75) is 40.0 Å². The first-order chi connectivity index (χ1) is 9.52. The number of rotatable bonds is 7. The van der Waals surface area contributed by atoms with Gasteiger partial charge in [-0.1, -0.05) is 13.8 Å². The molecule has 20 heavy (non-hydrogen) atoms. The second kappa shape index (κ2) is 8.95. The minimum Gasteiger partial charge on any atom is -0.465 e. The lowest BCUT2D eigenvalue weighted by Crippen LogP contribution is -2.40. The van der Waals surface area contributed by atoms with Gasteiger partial charge in [-0.25, -0.2) is 0 Å². The third kappa shape index (κ3) is 6.37. The van der Waals surface area contributed by atoms with E-state index < -0.39 is 0 Å². The number of carbonyl (C=O) groups is 2. The van der Waals surface area contributed by atoms with Gasteiger partial charge in [-0.15, -0.1) is 0 Å². The predicted molar refractivity (Wildman–Crippen MR) is 78.3 cm³/mol. The van der Waals surface area contributed by atoms with E-state index in [2.05, 4.69) is 19.2 Å². The lowest BCUT2D eigenvalue weighted by Gasteiger charge is -2.27. The second-order valence-electron chi connectivity index (χ2n) is 5.87. The molecule has 1 amide bonds. The number of nitrogens with zero attached hydrogens (tertiary/aromatic N) is 1. The predicted octanol–water partition coefficient (Wildman–Crippen LogP) is 1.42. The molecule has 0 aliphatic carbocycles. The Morgan fingerprint density at radius 3 is 2.50 bits per heavy atom. The highest BCUT2D eigenvalue weighted by molar-refractivity contribution is 5.82.